The van der Waals surface area contributed by atoms with Gasteiger partial charge in [-0.05, 0) is 28.7 Å². The molecule has 0 unspecified atom stereocenters. The predicted octanol–water partition coefficient (Wildman–Crippen LogP) is 1.27. The maximum Gasteiger partial charge on any atom is 0.265 e. The second-order valence-electron chi connectivity index (χ2n) is 2.39. The fraction of sp³-hybridized carbons (Fsp3) is 0.167. The lowest BCUT2D eigenvalue weighted by Crippen LogP contribution is -2.15. The summed E-state index contributed by atoms with van der Waals surface area (Å²) in [7, 11) is -4.14. The third kappa shape index (κ3) is 2.58. The molecule has 4 nitrogen and oxygen atoms in total. The van der Waals surface area contributed by atoms with Crippen LogP contribution in [0.15, 0.2) is 17.2 Å². The van der Waals surface area contributed by atoms with Crippen LogP contribution in [0.1, 0.15) is 12.0 Å². The normalized spacial score (nSPS) is 12.1. The molecule has 1 aromatic rings. The minimum absolute atomic E-state index is 0.283. The van der Waals surface area contributed by atoms with Gasteiger partial charge in [-0.15, -0.1) is 0 Å². The van der Waals surface area contributed by atoms with E-state index in [2.05, 4.69) is 4.98 Å². The zero-order valence-corrected chi connectivity index (χ0v) is 9.59. The maximum atomic E-state index is 12.4. The highest BCUT2D eigenvalue weighted by molar-refractivity contribution is 14.1. The number of nitrogens with zero attached hydrogens (tertiary/aromatic N) is 1. The average molecular weight is 334 g/mol. The molecular formula is C6H5F2IN2O2S. The molecule has 1 heterocycles. The Morgan fingerprint density at radius 1 is 1.50 bits per heavy atom. The smallest absolute Gasteiger partial charge is 0.249 e. The van der Waals surface area contributed by atoms with Crippen LogP contribution in [-0.4, -0.2) is 13.4 Å². The van der Waals surface area contributed by atoms with Crippen molar-refractivity contribution < 1.29 is 17.2 Å². The van der Waals surface area contributed by atoms with Crippen LogP contribution in [0.25, 0.3) is 0 Å². The van der Waals surface area contributed by atoms with Gasteiger partial charge in [-0.1, -0.05) is 0 Å². The minimum atomic E-state index is -4.14. The van der Waals surface area contributed by atoms with Crippen molar-refractivity contribution in [2.24, 2.45) is 5.14 Å². The Kier molecular flexibility index (Phi) is 3.37. The highest BCUT2D eigenvalue weighted by atomic mass is 127. The first kappa shape index (κ1) is 11.7. The van der Waals surface area contributed by atoms with Gasteiger partial charge in [-0.2, -0.15) is 0 Å². The molecule has 0 aromatic carbocycles. The fourth-order valence-corrected chi connectivity index (χ4v) is 1.99. The third-order valence-electron chi connectivity index (χ3n) is 1.41. The minimum Gasteiger partial charge on any atom is -0.249 e. The predicted molar refractivity (Wildman–Crippen MR) is 53.3 cm³/mol. The van der Waals surface area contributed by atoms with Crippen LogP contribution in [-0.2, 0) is 10.0 Å². The van der Waals surface area contributed by atoms with E-state index in [1.165, 1.54) is 0 Å². The molecule has 0 spiro atoms. The van der Waals surface area contributed by atoms with Gasteiger partial charge in [0.1, 0.15) is 8.60 Å². The molecule has 0 amide bonds. The fourth-order valence-electron chi connectivity index (χ4n) is 0.840. The number of sulfonamides is 1. The van der Waals surface area contributed by atoms with E-state index in [1.807, 2.05) is 0 Å². The van der Waals surface area contributed by atoms with E-state index in [4.69, 9.17) is 5.14 Å². The van der Waals surface area contributed by atoms with Crippen molar-refractivity contribution in [3.05, 3.63) is 21.5 Å². The Bertz CT molecular complexity index is 449. The number of rotatable bonds is 2. The van der Waals surface area contributed by atoms with E-state index in [1.54, 1.807) is 22.6 Å². The molecule has 78 valence electrons. The summed E-state index contributed by atoms with van der Waals surface area (Å²) < 4.78 is 46.8. The van der Waals surface area contributed by atoms with Crippen LogP contribution < -0.4 is 5.14 Å². The summed E-state index contributed by atoms with van der Waals surface area (Å²) in [6.07, 6.45) is -2.06. The topological polar surface area (TPSA) is 73.1 Å². The van der Waals surface area contributed by atoms with Crippen LogP contribution in [0.5, 0.6) is 0 Å². The van der Waals surface area contributed by atoms with Gasteiger partial charge in [0.05, 0.1) is 0 Å². The summed E-state index contributed by atoms with van der Waals surface area (Å²) in [5.41, 5.74) is -0.619. The summed E-state index contributed by atoms with van der Waals surface area (Å²) in [5, 5.41) is 4.74. The first-order chi connectivity index (χ1) is 6.32. The molecule has 0 bridgehead atoms. The van der Waals surface area contributed by atoms with E-state index in [0.717, 1.165) is 12.3 Å². The van der Waals surface area contributed by atoms with E-state index in [-0.39, 0.29) is 3.70 Å². The number of aromatic nitrogens is 1. The van der Waals surface area contributed by atoms with Crippen LogP contribution in [0.2, 0.25) is 0 Å². The van der Waals surface area contributed by atoms with Crippen LogP contribution >= 0.6 is 22.6 Å². The van der Waals surface area contributed by atoms with E-state index < -0.39 is 26.9 Å². The van der Waals surface area contributed by atoms with Gasteiger partial charge in [-0.3, -0.25) is 0 Å². The Balaban J connectivity index is 3.45. The molecule has 0 saturated heterocycles. The van der Waals surface area contributed by atoms with E-state index >= 15 is 0 Å². The Labute approximate surface area is 92.7 Å². The van der Waals surface area contributed by atoms with E-state index in [9.17, 15) is 17.2 Å². The first-order valence-electron chi connectivity index (χ1n) is 3.29. The van der Waals surface area contributed by atoms with Gasteiger partial charge >= 0.3 is 0 Å². The molecule has 1 aromatic heterocycles. The van der Waals surface area contributed by atoms with Crippen molar-refractivity contribution in [2.75, 3.05) is 0 Å². The molecule has 14 heavy (non-hydrogen) atoms. The molecule has 0 aliphatic rings. The molecule has 0 atom stereocenters. The van der Waals surface area contributed by atoms with Crippen molar-refractivity contribution in [1.29, 1.82) is 0 Å². The van der Waals surface area contributed by atoms with Gasteiger partial charge < -0.3 is 0 Å². The zero-order valence-electron chi connectivity index (χ0n) is 6.62. The molecule has 0 radical (unpaired) electrons. The van der Waals surface area contributed by atoms with Crippen molar-refractivity contribution in [3.8, 4) is 0 Å². The number of hydrogen-bond donors (Lipinski definition) is 1. The number of nitrogens with two attached hydrogens (primary N) is 1. The maximum absolute atomic E-state index is 12.4. The molecule has 1 rings (SSSR count). The van der Waals surface area contributed by atoms with Crippen molar-refractivity contribution in [1.82, 2.24) is 4.98 Å². The largest absolute Gasteiger partial charge is 0.265 e. The molecule has 0 aliphatic carbocycles. The quantitative estimate of drug-likeness (QED) is 0.654. The zero-order chi connectivity index (χ0) is 10.9. The second-order valence-corrected chi connectivity index (χ2v) is 5.03. The van der Waals surface area contributed by atoms with Crippen molar-refractivity contribution in [2.45, 2.75) is 11.3 Å². The third-order valence-corrected chi connectivity index (χ3v) is 2.95. The number of pyridine rings is 1. The van der Waals surface area contributed by atoms with Crippen molar-refractivity contribution in [3.63, 3.8) is 0 Å². The lowest BCUT2D eigenvalue weighted by Gasteiger charge is -2.05. The van der Waals surface area contributed by atoms with Crippen LogP contribution in [0.4, 0.5) is 8.78 Å². The summed E-state index contributed by atoms with van der Waals surface area (Å²) in [5.74, 6) is 0. The lowest BCUT2D eigenvalue weighted by atomic mass is 10.3. The van der Waals surface area contributed by atoms with Gasteiger partial charge in [0.15, 0.2) is 0 Å². The number of primary sulfonamides is 1. The van der Waals surface area contributed by atoms with Crippen molar-refractivity contribution >= 4 is 32.6 Å². The summed E-state index contributed by atoms with van der Waals surface area (Å²) in [6, 6.07) is 0.991. The number of halogens is 3. The van der Waals surface area contributed by atoms with Crippen LogP contribution in [0.3, 0.4) is 0 Å². The molecule has 8 heteroatoms. The lowest BCUT2D eigenvalue weighted by molar-refractivity contribution is 0.147. The van der Waals surface area contributed by atoms with Gasteiger partial charge in [0, 0.05) is 11.8 Å². The van der Waals surface area contributed by atoms with E-state index in [0.29, 0.717) is 0 Å². The number of hydrogen-bond acceptors (Lipinski definition) is 3. The van der Waals surface area contributed by atoms with Gasteiger partial charge in [0.25, 0.3) is 6.43 Å². The summed E-state index contributed by atoms with van der Waals surface area (Å²) >= 11 is 1.70. The first-order valence-corrected chi connectivity index (χ1v) is 5.91. The Morgan fingerprint density at radius 3 is 2.50 bits per heavy atom. The van der Waals surface area contributed by atoms with Gasteiger partial charge in [-0.25, -0.2) is 27.3 Å². The second kappa shape index (κ2) is 4.03. The highest BCUT2D eigenvalue weighted by Crippen LogP contribution is 2.25. The molecule has 0 saturated carbocycles. The standard InChI is InChI=1S/C6H5F2IN2O2S/c7-6(8)3-1-5(9)11-2-4(3)14(10,12)13/h1-2,6H,(H2,10,12,13). The Hall–Kier alpha value is -0.350. The van der Waals surface area contributed by atoms with Gasteiger partial charge in [0.2, 0.25) is 10.0 Å². The average Bonchev–Trinajstić information content (AvgIpc) is 2.01. The van der Waals surface area contributed by atoms with Crippen LogP contribution in [0, 0.1) is 3.70 Å². The summed E-state index contributed by atoms with van der Waals surface area (Å²) in [6.45, 7) is 0. The number of alkyl halides is 2. The highest BCUT2D eigenvalue weighted by Gasteiger charge is 2.21. The molecule has 0 aliphatic heterocycles. The monoisotopic (exact) mass is 334 g/mol. The molecule has 2 N–H and O–H groups in total. The molecular weight excluding hydrogens is 329 g/mol. The Morgan fingerprint density at radius 2 is 2.07 bits per heavy atom. The SMILES string of the molecule is NS(=O)(=O)c1cnc(I)cc1C(F)F. The molecule has 0 fully saturated rings. The summed E-state index contributed by atoms with van der Waals surface area (Å²) in [4.78, 5) is 2.95.